The molecule has 0 radical (unpaired) electrons. The van der Waals surface area contributed by atoms with E-state index in [0.29, 0.717) is 29.9 Å². The number of fused-ring (bicyclic) bond motifs is 4. The predicted molar refractivity (Wildman–Crippen MR) is 66.1 cm³/mol. The number of hydrogen-bond acceptors (Lipinski definition) is 4. The SMILES string of the molecule is CN1OC[C@@]2(C(F)(F)F)c3cc4c(cc3CC[C@@H]12)OCO4. The van der Waals surface area contributed by atoms with Crippen molar-refractivity contribution in [1.82, 2.24) is 5.06 Å². The van der Waals surface area contributed by atoms with Crippen LogP contribution in [0.5, 0.6) is 11.5 Å². The minimum atomic E-state index is -4.38. The molecule has 0 bridgehead atoms. The number of halogens is 3. The van der Waals surface area contributed by atoms with E-state index in [1.54, 1.807) is 13.1 Å². The van der Waals surface area contributed by atoms with E-state index in [1.165, 1.54) is 11.1 Å². The number of nitrogens with zero attached hydrogens (tertiary/aromatic N) is 1. The molecule has 0 aromatic heterocycles. The molecule has 0 spiro atoms. The van der Waals surface area contributed by atoms with Crippen LogP contribution < -0.4 is 9.47 Å². The molecule has 21 heavy (non-hydrogen) atoms. The maximum absolute atomic E-state index is 13.9. The van der Waals surface area contributed by atoms with Gasteiger partial charge in [0.15, 0.2) is 11.5 Å². The third kappa shape index (κ3) is 1.58. The van der Waals surface area contributed by atoms with E-state index < -0.39 is 17.6 Å². The van der Waals surface area contributed by atoms with Crippen LogP contribution in [0.4, 0.5) is 13.2 Å². The first-order chi connectivity index (χ1) is 9.93. The van der Waals surface area contributed by atoms with Crippen molar-refractivity contribution in [2.24, 2.45) is 0 Å². The minimum Gasteiger partial charge on any atom is -0.454 e. The van der Waals surface area contributed by atoms with Crippen LogP contribution in [0.3, 0.4) is 0 Å². The van der Waals surface area contributed by atoms with Gasteiger partial charge in [-0.05, 0) is 36.1 Å². The van der Waals surface area contributed by atoms with Crippen molar-refractivity contribution in [2.45, 2.75) is 30.5 Å². The van der Waals surface area contributed by atoms with Crippen LogP contribution in [-0.2, 0) is 16.7 Å². The van der Waals surface area contributed by atoms with Gasteiger partial charge in [0.05, 0.1) is 12.6 Å². The summed E-state index contributed by atoms with van der Waals surface area (Å²) in [6, 6.07) is 2.46. The number of likely N-dealkylation sites (N-methyl/N-ethyl adjacent to an activating group) is 1. The van der Waals surface area contributed by atoms with Crippen molar-refractivity contribution in [3.8, 4) is 11.5 Å². The summed E-state index contributed by atoms with van der Waals surface area (Å²) in [6.07, 6.45) is -3.41. The zero-order valence-electron chi connectivity index (χ0n) is 11.4. The molecule has 2 heterocycles. The summed E-state index contributed by atoms with van der Waals surface area (Å²) in [5, 5.41) is 1.35. The zero-order valence-corrected chi connectivity index (χ0v) is 11.4. The van der Waals surface area contributed by atoms with Gasteiger partial charge in [-0.1, -0.05) is 0 Å². The molecule has 1 fully saturated rings. The van der Waals surface area contributed by atoms with Crippen molar-refractivity contribution in [2.75, 3.05) is 20.4 Å². The second-order valence-corrected chi connectivity index (χ2v) is 5.71. The van der Waals surface area contributed by atoms with Crippen LogP contribution in [0.15, 0.2) is 12.1 Å². The summed E-state index contributed by atoms with van der Waals surface area (Å²) in [6.45, 7) is -0.332. The standard InChI is InChI=1S/C14H14F3NO3/c1-18-12-3-2-8-4-10-11(20-7-19-10)5-9(8)13(12,6-21-18)14(15,16)17/h4-5,12H,2-3,6-7H2,1H3/t12-,13-/m1/s1. The quantitative estimate of drug-likeness (QED) is 0.736. The fraction of sp³-hybridized carbons (Fsp3) is 0.571. The molecule has 0 N–H and O–H groups in total. The van der Waals surface area contributed by atoms with E-state index in [4.69, 9.17) is 14.3 Å². The van der Waals surface area contributed by atoms with Gasteiger partial charge >= 0.3 is 6.18 Å². The van der Waals surface area contributed by atoms with Crippen molar-refractivity contribution in [3.63, 3.8) is 0 Å². The van der Waals surface area contributed by atoms with Crippen LogP contribution >= 0.6 is 0 Å². The van der Waals surface area contributed by atoms with Crippen LogP contribution in [0.2, 0.25) is 0 Å². The fourth-order valence-electron chi connectivity index (χ4n) is 3.71. The Hall–Kier alpha value is -1.47. The molecule has 3 aliphatic rings. The molecule has 0 amide bonds. The Morgan fingerprint density at radius 2 is 1.95 bits per heavy atom. The highest BCUT2D eigenvalue weighted by atomic mass is 19.4. The van der Waals surface area contributed by atoms with Crippen LogP contribution in [0.25, 0.3) is 0 Å². The van der Waals surface area contributed by atoms with Gasteiger partial charge in [-0.25, -0.2) is 0 Å². The molecule has 114 valence electrons. The molecule has 2 atom stereocenters. The Morgan fingerprint density at radius 3 is 2.67 bits per heavy atom. The van der Waals surface area contributed by atoms with E-state index >= 15 is 0 Å². The summed E-state index contributed by atoms with van der Waals surface area (Å²) in [7, 11) is 1.57. The van der Waals surface area contributed by atoms with E-state index in [0.717, 1.165) is 0 Å². The summed E-state index contributed by atoms with van der Waals surface area (Å²) in [4.78, 5) is 5.25. The monoisotopic (exact) mass is 301 g/mol. The molecule has 1 aromatic carbocycles. The molecular formula is C14H14F3NO3. The average Bonchev–Trinajstić information content (AvgIpc) is 3.00. The molecule has 2 aliphatic heterocycles. The first-order valence-corrected chi connectivity index (χ1v) is 6.79. The van der Waals surface area contributed by atoms with Gasteiger partial charge in [0.2, 0.25) is 6.79 Å². The normalized spacial score (nSPS) is 31.1. The first-order valence-electron chi connectivity index (χ1n) is 6.79. The molecular weight excluding hydrogens is 287 g/mol. The Balaban J connectivity index is 1.94. The Kier molecular flexibility index (Phi) is 2.54. The number of aryl methyl sites for hydroxylation is 1. The van der Waals surface area contributed by atoms with Crippen molar-refractivity contribution in [3.05, 3.63) is 23.3 Å². The predicted octanol–water partition coefficient (Wildman–Crippen LogP) is 2.41. The number of alkyl halides is 3. The smallest absolute Gasteiger partial charge is 0.402 e. The zero-order chi connectivity index (χ0) is 14.8. The van der Waals surface area contributed by atoms with Crippen LogP contribution in [-0.4, -0.2) is 37.7 Å². The summed E-state index contributed by atoms with van der Waals surface area (Å²) >= 11 is 0. The van der Waals surface area contributed by atoms with Crippen molar-refractivity contribution >= 4 is 0 Å². The van der Waals surface area contributed by atoms with Crippen molar-refractivity contribution < 1.29 is 27.5 Å². The van der Waals surface area contributed by atoms with Gasteiger partial charge in [0.25, 0.3) is 0 Å². The molecule has 0 unspecified atom stereocenters. The van der Waals surface area contributed by atoms with Crippen molar-refractivity contribution in [1.29, 1.82) is 0 Å². The van der Waals surface area contributed by atoms with Gasteiger partial charge < -0.3 is 9.47 Å². The largest absolute Gasteiger partial charge is 0.454 e. The average molecular weight is 301 g/mol. The summed E-state index contributed by atoms with van der Waals surface area (Å²) in [5.41, 5.74) is -1.05. The maximum Gasteiger partial charge on any atom is 0.402 e. The maximum atomic E-state index is 13.9. The van der Waals surface area contributed by atoms with Gasteiger partial charge in [-0.15, -0.1) is 0 Å². The number of benzene rings is 1. The Morgan fingerprint density at radius 1 is 1.24 bits per heavy atom. The summed E-state index contributed by atoms with van der Waals surface area (Å²) in [5.74, 6) is 0.907. The Bertz CT molecular complexity index is 604. The molecule has 1 aromatic rings. The number of hydroxylamine groups is 2. The molecule has 4 rings (SSSR count). The van der Waals surface area contributed by atoms with Gasteiger partial charge in [0, 0.05) is 7.05 Å². The van der Waals surface area contributed by atoms with E-state index in [2.05, 4.69) is 0 Å². The molecule has 1 saturated heterocycles. The molecule has 7 heteroatoms. The molecule has 4 nitrogen and oxygen atoms in total. The highest BCUT2D eigenvalue weighted by Gasteiger charge is 2.67. The van der Waals surface area contributed by atoms with Gasteiger partial charge in [-0.3, -0.25) is 4.84 Å². The lowest BCUT2D eigenvalue weighted by Crippen LogP contribution is -2.55. The molecule has 0 saturated carbocycles. The van der Waals surface area contributed by atoms with Gasteiger partial charge in [-0.2, -0.15) is 18.2 Å². The second kappa shape index (κ2) is 4.04. The van der Waals surface area contributed by atoms with E-state index in [1.807, 2.05) is 0 Å². The topological polar surface area (TPSA) is 30.9 Å². The minimum absolute atomic E-state index is 0.0527. The number of ether oxygens (including phenoxy) is 2. The van der Waals surface area contributed by atoms with Crippen LogP contribution in [0.1, 0.15) is 17.5 Å². The second-order valence-electron chi connectivity index (χ2n) is 5.71. The third-order valence-electron chi connectivity index (χ3n) is 4.78. The van der Waals surface area contributed by atoms with E-state index in [-0.39, 0.29) is 19.0 Å². The van der Waals surface area contributed by atoms with Gasteiger partial charge in [0.1, 0.15) is 5.41 Å². The number of rotatable bonds is 0. The lowest BCUT2D eigenvalue weighted by atomic mass is 9.67. The third-order valence-corrected chi connectivity index (χ3v) is 4.78. The van der Waals surface area contributed by atoms with Crippen LogP contribution in [0, 0.1) is 0 Å². The first kappa shape index (κ1) is 13.2. The lowest BCUT2D eigenvalue weighted by Gasteiger charge is -2.41. The van der Waals surface area contributed by atoms with E-state index in [9.17, 15) is 13.2 Å². The Labute approximate surface area is 119 Å². The highest BCUT2D eigenvalue weighted by Crippen LogP contribution is 2.55. The molecule has 1 aliphatic carbocycles. The summed E-state index contributed by atoms with van der Waals surface area (Å²) < 4.78 is 52.3. The highest BCUT2D eigenvalue weighted by molar-refractivity contribution is 5.54. The fourth-order valence-corrected chi connectivity index (χ4v) is 3.71. The number of hydrogen-bond donors (Lipinski definition) is 0. The lowest BCUT2D eigenvalue weighted by molar-refractivity contribution is -0.196.